The molecule has 6 heteroatoms. The predicted molar refractivity (Wildman–Crippen MR) is 78.2 cm³/mol. The molecule has 0 atom stereocenters. The van der Waals surface area contributed by atoms with Crippen LogP contribution in [0.4, 0.5) is 0 Å². The summed E-state index contributed by atoms with van der Waals surface area (Å²) >= 11 is 0. The lowest BCUT2D eigenvalue weighted by Gasteiger charge is -2.22. The number of carboxylic acid groups (broad SMARTS) is 1. The lowest BCUT2D eigenvalue weighted by atomic mass is 9.93. The standard InChI is InChI=1S/C15H24N2O4/c1-10(2)9-17(7-6-13(18)19)14(20)11-8-12(21-16-11)15(3,4)5/h8,10H,6-7,9H2,1-5H3,(H,18,19). The van der Waals surface area contributed by atoms with Crippen LogP contribution >= 0.6 is 0 Å². The van der Waals surface area contributed by atoms with E-state index in [-0.39, 0.29) is 35.9 Å². The van der Waals surface area contributed by atoms with E-state index in [1.807, 2.05) is 34.6 Å². The molecule has 118 valence electrons. The maximum atomic E-state index is 12.4. The molecule has 0 aliphatic carbocycles. The van der Waals surface area contributed by atoms with Crippen molar-refractivity contribution in [2.45, 2.75) is 46.5 Å². The Labute approximate surface area is 125 Å². The molecule has 0 bridgehead atoms. The highest BCUT2D eigenvalue weighted by Crippen LogP contribution is 2.23. The second-order valence-electron chi connectivity index (χ2n) is 6.62. The molecule has 6 nitrogen and oxygen atoms in total. The van der Waals surface area contributed by atoms with Gasteiger partial charge in [-0.1, -0.05) is 39.8 Å². The van der Waals surface area contributed by atoms with E-state index in [2.05, 4.69) is 5.16 Å². The van der Waals surface area contributed by atoms with Crippen molar-refractivity contribution in [3.63, 3.8) is 0 Å². The number of carboxylic acids is 1. The zero-order valence-electron chi connectivity index (χ0n) is 13.3. The molecule has 0 saturated heterocycles. The lowest BCUT2D eigenvalue weighted by molar-refractivity contribution is -0.137. The van der Waals surface area contributed by atoms with E-state index in [1.165, 1.54) is 4.90 Å². The minimum Gasteiger partial charge on any atom is -0.481 e. The van der Waals surface area contributed by atoms with Crippen LogP contribution < -0.4 is 0 Å². The first-order valence-corrected chi connectivity index (χ1v) is 7.09. The summed E-state index contributed by atoms with van der Waals surface area (Å²) in [5.74, 6) is -0.332. The molecule has 0 fully saturated rings. The van der Waals surface area contributed by atoms with E-state index in [0.717, 1.165) is 0 Å². The van der Waals surface area contributed by atoms with Gasteiger partial charge >= 0.3 is 5.97 Å². The molecule has 1 N–H and O–H groups in total. The van der Waals surface area contributed by atoms with Crippen molar-refractivity contribution in [2.75, 3.05) is 13.1 Å². The molecule has 0 saturated carbocycles. The predicted octanol–water partition coefficient (Wildman–Crippen LogP) is 2.55. The Morgan fingerprint density at radius 3 is 2.43 bits per heavy atom. The average molecular weight is 296 g/mol. The first kappa shape index (κ1) is 17.2. The van der Waals surface area contributed by atoms with Gasteiger partial charge in [-0.2, -0.15) is 0 Å². The zero-order chi connectivity index (χ0) is 16.2. The number of carbonyl (C=O) groups is 2. The quantitative estimate of drug-likeness (QED) is 0.872. The summed E-state index contributed by atoms with van der Waals surface area (Å²) in [4.78, 5) is 24.7. The van der Waals surface area contributed by atoms with Crippen LogP contribution in [0.25, 0.3) is 0 Å². The molecule has 1 amide bonds. The van der Waals surface area contributed by atoms with Crippen LogP contribution in [0.15, 0.2) is 10.6 Å². The molecule has 0 unspecified atom stereocenters. The maximum absolute atomic E-state index is 12.4. The van der Waals surface area contributed by atoms with Gasteiger partial charge in [-0.25, -0.2) is 0 Å². The Bertz CT molecular complexity index is 500. The third-order valence-electron chi connectivity index (χ3n) is 2.94. The molecule has 1 rings (SSSR count). The zero-order valence-corrected chi connectivity index (χ0v) is 13.3. The van der Waals surface area contributed by atoms with Gasteiger partial charge in [0.1, 0.15) is 5.76 Å². The summed E-state index contributed by atoms with van der Waals surface area (Å²) in [7, 11) is 0. The normalized spacial score (nSPS) is 11.7. The summed E-state index contributed by atoms with van der Waals surface area (Å²) < 4.78 is 5.22. The number of hydrogen-bond acceptors (Lipinski definition) is 4. The van der Waals surface area contributed by atoms with E-state index in [9.17, 15) is 9.59 Å². The molecule has 1 aromatic heterocycles. The highest BCUT2D eigenvalue weighted by Gasteiger charge is 2.25. The Balaban J connectivity index is 2.88. The number of nitrogens with zero attached hydrogens (tertiary/aromatic N) is 2. The van der Waals surface area contributed by atoms with Crippen molar-refractivity contribution in [1.82, 2.24) is 10.1 Å². The third-order valence-corrected chi connectivity index (χ3v) is 2.94. The summed E-state index contributed by atoms with van der Waals surface area (Å²) in [5.41, 5.74) is 0.00103. The number of aliphatic carboxylic acids is 1. The summed E-state index contributed by atoms with van der Waals surface area (Å²) in [6.07, 6.45) is -0.0809. The monoisotopic (exact) mass is 296 g/mol. The Hall–Kier alpha value is -1.85. The second-order valence-corrected chi connectivity index (χ2v) is 6.62. The van der Waals surface area contributed by atoms with Crippen LogP contribution in [0, 0.1) is 5.92 Å². The smallest absolute Gasteiger partial charge is 0.305 e. The van der Waals surface area contributed by atoms with Gasteiger partial charge in [-0.15, -0.1) is 0 Å². The third kappa shape index (κ3) is 5.21. The van der Waals surface area contributed by atoms with Crippen molar-refractivity contribution in [1.29, 1.82) is 0 Å². The SMILES string of the molecule is CC(C)CN(CCC(=O)O)C(=O)c1cc(C(C)(C)C)on1. The van der Waals surface area contributed by atoms with Crippen molar-refractivity contribution in [3.05, 3.63) is 17.5 Å². The van der Waals surface area contributed by atoms with Gasteiger partial charge in [-0.3, -0.25) is 9.59 Å². The van der Waals surface area contributed by atoms with E-state index in [4.69, 9.17) is 9.63 Å². The molecule has 21 heavy (non-hydrogen) atoms. The second kappa shape index (κ2) is 6.74. The topological polar surface area (TPSA) is 83.6 Å². The summed E-state index contributed by atoms with van der Waals surface area (Å²) in [6.45, 7) is 10.5. The maximum Gasteiger partial charge on any atom is 0.305 e. The fraction of sp³-hybridized carbons (Fsp3) is 0.667. The average Bonchev–Trinajstić information content (AvgIpc) is 2.82. The van der Waals surface area contributed by atoms with Crippen LogP contribution in [-0.2, 0) is 10.2 Å². The molecule has 0 aliphatic rings. The molecular weight excluding hydrogens is 272 g/mol. The van der Waals surface area contributed by atoms with Crippen LogP contribution in [0.5, 0.6) is 0 Å². The summed E-state index contributed by atoms with van der Waals surface area (Å²) in [6, 6.07) is 1.64. The number of hydrogen-bond donors (Lipinski definition) is 1. The van der Waals surface area contributed by atoms with Gasteiger partial charge < -0.3 is 14.5 Å². The lowest BCUT2D eigenvalue weighted by Crippen LogP contribution is -2.36. The van der Waals surface area contributed by atoms with Gasteiger partial charge in [0, 0.05) is 24.6 Å². The molecule has 1 aromatic rings. The van der Waals surface area contributed by atoms with Crippen molar-refractivity contribution in [3.8, 4) is 0 Å². The first-order valence-electron chi connectivity index (χ1n) is 7.09. The van der Waals surface area contributed by atoms with Crippen LogP contribution in [0.3, 0.4) is 0 Å². The van der Waals surface area contributed by atoms with Crippen LogP contribution in [-0.4, -0.2) is 40.1 Å². The van der Waals surface area contributed by atoms with Gasteiger partial charge in [0.25, 0.3) is 5.91 Å². The van der Waals surface area contributed by atoms with E-state index >= 15 is 0 Å². The van der Waals surface area contributed by atoms with E-state index < -0.39 is 5.97 Å². The number of rotatable bonds is 6. The highest BCUT2D eigenvalue weighted by molar-refractivity contribution is 5.92. The number of amides is 1. The highest BCUT2D eigenvalue weighted by atomic mass is 16.5. The molecule has 1 heterocycles. The van der Waals surface area contributed by atoms with Gasteiger partial charge in [0.05, 0.1) is 6.42 Å². The molecule has 0 radical (unpaired) electrons. The Morgan fingerprint density at radius 1 is 1.38 bits per heavy atom. The van der Waals surface area contributed by atoms with Crippen molar-refractivity contribution < 1.29 is 19.2 Å². The number of carbonyl (C=O) groups excluding carboxylic acids is 1. The van der Waals surface area contributed by atoms with Gasteiger partial charge in [-0.05, 0) is 5.92 Å². The van der Waals surface area contributed by atoms with E-state index in [1.54, 1.807) is 6.07 Å². The molecular formula is C15H24N2O4. The fourth-order valence-corrected chi connectivity index (χ4v) is 1.84. The number of aromatic nitrogens is 1. The van der Waals surface area contributed by atoms with E-state index in [0.29, 0.717) is 12.3 Å². The van der Waals surface area contributed by atoms with Crippen molar-refractivity contribution in [2.24, 2.45) is 5.92 Å². The minimum absolute atomic E-state index is 0.0809. The van der Waals surface area contributed by atoms with Crippen LogP contribution in [0.2, 0.25) is 0 Å². The summed E-state index contributed by atoms with van der Waals surface area (Å²) in [5, 5.41) is 12.6. The first-order chi connectivity index (χ1) is 9.61. The largest absolute Gasteiger partial charge is 0.481 e. The minimum atomic E-state index is -0.924. The fourth-order valence-electron chi connectivity index (χ4n) is 1.84. The Kier molecular flexibility index (Phi) is 5.52. The molecule has 0 aromatic carbocycles. The van der Waals surface area contributed by atoms with Gasteiger partial charge in [0.15, 0.2) is 5.69 Å². The molecule has 0 aliphatic heterocycles. The van der Waals surface area contributed by atoms with Crippen molar-refractivity contribution >= 4 is 11.9 Å². The van der Waals surface area contributed by atoms with Crippen LogP contribution in [0.1, 0.15) is 57.3 Å². The van der Waals surface area contributed by atoms with Gasteiger partial charge in [0.2, 0.25) is 0 Å². The molecule has 0 spiro atoms. The Morgan fingerprint density at radius 2 is 2.00 bits per heavy atom.